The molecule has 0 saturated carbocycles. The maximum atomic E-state index is 12.0. The molecule has 1 aromatic heterocycles. The number of amides is 1. The van der Waals surface area contributed by atoms with Crippen molar-refractivity contribution in [2.75, 3.05) is 0 Å². The fourth-order valence-corrected chi connectivity index (χ4v) is 1.94. The minimum Gasteiger partial charge on any atom is -0.346 e. The Morgan fingerprint density at radius 3 is 2.76 bits per heavy atom. The average Bonchev–Trinajstić information content (AvgIpc) is 2.48. The number of hydrogen-bond acceptors (Lipinski definition) is 5. The molecule has 0 atom stereocenters. The summed E-state index contributed by atoms with van der Waals surface area (Å²) in [6.45, 7) is 0.137. The Labute approximate surface area is 129 Å². The Bertz CT molecular complexity index is 694. The smallest absolute Gasteiger partial charge is 0.271 e. The zero-order chi connectivity index (χ0) is 15.4. The van der Waals surface area contributed by atoms with Crippen LogP contribution < -0.4 is 5.32 Å². The molecular formula is C12H8Cl2N4O3. The van der Waals surface area contributed by atoms with Crippen LogP contribution in [-0.2, 0) is 6.54 Å². The van der Waals surface area contributed by atoms with Crippen LogP contribution in [0, 0.1) is 10.1 Å². The van der Waals surface area contributed by atoms with Crippen LogP contribution in [0.4, 0.5) is 5.69 Å². The summed E-state index contributed by atoms with van der Waals surface area (Å²) in [7, 11) is 0. The Morgan fingerprint density at radius 1 is 1.38 bits per heavy atom. The highest BCUT2D eigenvalue weighted by Crippen LogP contribution is 2.30. The second kappa shape index (κ2) is 6.47. The summed E-state index contributed by atoms with van der Waals surface area (Å²) in [5, 5.41) is 13.2. The van der Waals surface area contributed by atoms with Gasteiger partial charge in [0.1, 0.15) is 6.33 Å². The Hall–Kier alpha value is -2.25. The van der Waals surface area contributed by atoms with Gasteiger partial charge in [-0.25, -0.2) is 9.97 Å². The molecule has 0 spiro atoms. The molecule has 108 valence electrons. The van der Waals surface area contributed by atoms with Crippen molar-refractivity contribution in [3.63, 3.8) is 0 Å². The number of carbonyl (C=O) groups excluding carboxylic acids is 1. The maximum absolute atomic E-state index is 12.0. The second-order valence-electron chi connectivity index (χ2n) is 3.93. The van der Waals surface area contributed by atoms with Gasteiger partial charge in [-0.2, -0.15) is 0 Å². The predicted molar refractivity (Wildman–Crippen MR) is 76.3 cm³/mol. The first-order chi connectivity index (χ1) is 9.99. The highest BCUT2D eigenvalue weighted by Gasteiger charge is 2.19. The lowest BCUT2D eigenvalue weighted by Gasteiger charge is -2.07. The van der Waals surface area contributed by atoms with E-state index in [0.29, 0.717) is 5.69 Å². The van der Waals surface area contributed by atoms with Crippen molar-refractivity contribution in [1.29, 1.82) is 0 Å². The monoisotopic (exact) mass is 326 g/mol. The molecule has 0 bridgehead atoms. The van der Waals surface area contributed by atoms with E-state index in [1.165, 1.54) is 12.5 Å². The maximum Gasteiger partial charge on any atom is 0.271 e. The molecule has 2 rings (SSSR count). The summed E-state index contributed by atoms with van der Waals surface area (Å²) >= 11 is 11.7. The van der Waals surface area contributed by atoms with E-state index < -0.39 is 10.8 Å². The quantitative estimate of drug-likeness (QED) is 0.687. The number of nitro benzene ring substituents is 1. The normalized spacial score (nSPS) is 10.2. The van der Waals surface area contributed by atoms with Crippen LogP contribution >= 0.6 is 23.2 Å². The molecule has 1 amide bonds. The Morgan fingerprint density at radius 2 is 2.14 bits per heavy atom. The molecule has 0 aliphatic rings. The number of carbonyl (C=O) groups is 1. The van der Waals surface area contributed by atoms with E-state index in [0.717, 1.165) is 12.1 Å². The average molecular weight is 327 g/mol. The first kappa shape index (κ1) is 15.1. The van der Waals surface area contributed by atoms with E-state index in [-0.39, 0.29) is 27.8 Å². The molecule has 0 aliphatic heterocycles. The molecule has 0 unspecified atom stereocenters. The summed E-state index contributed by atoms with van der Waals surface area (Å²) in [6.07, 6.45) is 2.88. The molecule has 0 fully saturated rings. The third-order valence-corrected chi connectivity index (χ3v) is 3.34. The van der Waals surface area contributed by atoms with Gasteiger partial charge in [-0.15, -0.1) is 0 Å². The van der Waals surface area contributed by atoms with E-state index in [2.05, 4.69) is 15.3 Å². The number of rotatable bonds is 4. The Balaban J connectivity index is 2.21. The van der Waals surface area contributed by atoms with Gasteiger partial charge in [0.25, 0.3) is 11.6 Å². The van der Waals surface area contributed by atoms with Crippen LogP contribution in [0.25, 0.3) is 0 Å². The molecule has 2 aromatic rings. The number of nitrogens with one attached hydrogen (secondary N) is 1. The molecule has 7 nitrogen and oxygen atoms in total. The highest BCUT2D eigenvalue weighted by molar-refractivity contribution is 6.44. The van der Waals surface area contributed by atoms with Gasteiger partial charge in [-0.05, 0) is 6.07 Å². The lowest BCUT2D eigenvalue weighted by Crippen LogP contribution is -2.23. The third kappa shape index (κ3) is 3.65. The van der Waals surface area contributed by atoms with Gasteiger partial charge in [-0.3, -0.25) is 14.9 Å². The van der Waals surface area contributed by atoms with Gasteiger partial charge in [0.15, 0.2) is 0 Å². The first-order valence-corrected chi connectivity index (χ1v) is 6.41. The van der Waals surface area contributed by atoms with Crippen molar-refractivity contribution in [3.05, 3.63) is 62.1 Å². The molecule has 0 saturated heterocycles. The molecule has 0 radical (unpaired) electrons. The van der Waals surface area contributed by atoms with E-state index in [1.54, 1.807) is 6.07 Å². The minimum absolute atomic E-state index is 0.0394. The van der Waals surface area contributed by atoms with Crippen molar-refractivity contribution in [2.24, 2.45) is 0 Å². The standard InChI is InChI=1S/C12H8Cl2N4O3/c13-10-4-8(18(20)21)3-9(11(10)14)12(19)16-5-7-1-2-15-6-17-7/h1-4,6H,5H2,(H,16,19). The number of benzene rings is 1. The summed E-state index contributed by atoms with van der Waals surface area (Å²) in [5.74, 6) is -0.579. The molecule has 0 aliphatic carbocycles. The number of hydrogen-bond donors (Lipinski definition) is 1. The van der Waals surface area contributed by atoms with E-state index in [1.807, 2.05) is 0 Å². The highest BCUT2D eigenvalue weighted by atomic mass is 35.5. The number of halogens is 2. The van der Waals surface area contributed by atoms with E-state index in [9.17, 15) is 14.9 Å². The van der Waals surface area contributed by atoms with Gasteiger partial charge >= 0.3 is 0 Å². The van der Waals surface area contributed by atoms with Crippen LogP contribution in [0.15, 0.2) is 30.7 Å². The van der Waals surface area contributed by atoms with E-state index >= 15 is 0 Å². The molecule has 21 heavy (non-hydrogen) atoms. The lowest BCUT2D eigenvalue weighted by molar-refractivity contribution is -0.384. The van der Waals surface area contributed by atoms with Crippen LogP contribution in [0.5, 0.6) is 0 Å². The minimum atomic E-state index is -0.649. The fourth-order valence-electron chi connectivity index (χ4n) is 1.53. The summed E-state index contributed by atoms with van der Waals surface area (Å²) in [4.78, 5) is 29.9. The van der Waals surface area contributed by atoms with Crippen molar-refractivity contribution in [2.45, 2.75) is 6.54 Å². The van der Waals surface area contributed by atoms with Gasteiger partial charge in [0, 0.05) is 18.3 Å². The number of aromatic nitrogens is 2. The summed E-state index contributed by atoms with van der Waals surface area (Å²) in [6, 6.07) is 3.79. The van der Waals surface area contributed by atoms with Gasteiger partial charge in [0.2, 0.25) is 0 Å². The molecule has 1 N–H and O–H groups in total. The van der Waals surface area contributed by atoms with Crippen LogP contribution in [-0.4, -0.2) is 20.8 Å². The lowest BCUT2D eigenvalue weighted by atomic mass is 10.2. The predicted octanol–water partition coefficient (Wildman–Crippen LogP) is 2.62. The summed E-state index contributed by atoms with van der Waals surface area (Å²) < 4.78 is 0. The van der Waals surface area contributed by atoms with Crippen LogP contribution in [0.2, 0.25) is 10.0 Å². The van der Waals surface area contributed by atoms with Crippen molar-refractivity contribution < 1.29 is 9.72 Å². The summed E-state index contributed by atoms with van der Waals surface area (Å²) in [5.41, 5.74) is 0.215. The van der Waals surface area contributed by atoms with Crippen molar-refractivity contribution in [1.82, 2.24) is 15.3 Å². The van der Waals surface area contributed by atoms with Gasteiger partial charge in [-0.1, -0.05) is 23.2 Å². The molecule has 9 heteroatoms. The topological polar surface area (TPSA) is 98.0 Å². The third-order valence-electron chi connectivity index (χ3n) is 2.54. The van der Waals surface area contributed by atoms with Crippen LogP contribution in [0.3, 0.4) is 0 Å². The number of nitrogens with zero attached hydrogens (tertiary/aromatic N) is 3. The molecule has 1 aromatic carbocycles. The Kier molecular flexibility index (Phi) is 4.66. The first-order valence-electron chi connectivity index (χ1n) is 5.65. The fraction of sp³-hybridized carbons (Fsp3) is 0.0833. The van der Waals surface area contributed by atoms with Gasteiger partial charge < -0.3 is 5.32 Å². The molecular weight excluding hydrogens is 319 g/mol. The van der Waals surface area contributed by atoms with Crippen molar-refractivity contribution >= 4 is 34.8 Å². The van der Waals surface area contributed by atoms with Crippen LogP contribution in [0.1, 0.15) is 16.1 Å². The zero-order valence-electron chi connectivity index (χ0n) is 10.4. The number of nitro groups is 1. The van der Waals surface area contributed by atoms with Crippen molar-refractivity contribution in [3.8, 4) is 0 Å². The zero-order valence-corrected chi connectivity index (χ0v) is 11.9. The van der Waals surface area contributed by atoms with Gasteiger partial charge in [0.05, 0.1) is 32.8 Å². The second-order valence-corrected chi connectivity index (χ2v) is 4.71. The largest absolute Gasteiger partial charge is 0.346 e. The molecule has 1 heterocycles. The number of non-ortho nitro benzene ring substituents is 1. The SMILES string of the molecule is O=C(NCc1ccncn1)c1cc([N+](=O)[O-])cc(Cl)c1Cl. The van der Waals surface area contributed by atoms with E-state index in [4.69, 9.17) is 23.2 Å².